The highest BCUT2D eigenvalue weighted by Crippen LogP contribution is 3.06. The molecule has 0 unspecified atom stereocenters. The Balaban J connectivity index is 1.03. The molecular formula is C42H57N5O7S. The number of aromatic nitrogens is 1. The molecule has 8 rings (SSSR count). The van der Waals surface area contributed by atoms with Gasteiger partial charge in [0, 0.05) is 43.4 Å². The van der Waals surface area contributed by atoms with Gasteiger partial charge in [-0.1, -0.05) is 71.4 Å². The topological polar surface area (TPSA) is 156 Å². The van der Waals surface area contributed by atoms with Crippen molar-refractivity contribution in [2.45, 2.75) is 97.0 Å². The van der Waals surface area contributed by atoms with Crippen LogP contribution in [0.25, 0.3) is 0 Å². The molecule has 55 heavy (non-hydrogen) atoms. The molecule has 6 atom stereocenters. The Labute approximate surface area is 328 Å². The molecule has 1 heterocycles. The van der Waals surface area contributed by atoms with E-state index in [2.05, 4.69) is 28.0 Å². The first kappa shape index (κ1) is 39.4. The lowest BCUT2D eigenvalue weighted by Crippen LogP contribution is -3.16. The van der Waals surface area contributed by atoms with Crippen LogP contribution in [0.5, 0.6) is 0 Å². The Morgan fingerprint density at radius 2 is 1.58 bits per heavy atom. The van der Waals surface area contributed by atoms with Crippen molar-refractivity contribution in [1.29, 1.82) is 0 Å². The van der Waals surface area contributed by atoms with E-state index in [0.717, 1.165) is 12.0 Å². The molecule has 6 aliphatic rings. The van der Waals surface area contributed by atoms with E-state index in [1.54, 1.807) is 24.3 Å². The van der Waals surface area contributed by atoms with E-state index < -0.39 is 29.9 Å². The number of nitrogens with one attached hydrogen (secondary N) is 3. The third-order valence-electron chi connectivity index (χ3n) is 14.5. The van der Waals surface area contributed by atoms with Crippen molar-refractivity contribution in [3.8, 4) is 0 Å². The number of thiazole rings is 1. The molecule has 2 aromatic rings. The van der Waals surface area contributed by atoms with Gasteiger partial charge in [-0.3, -0.25) is 24.0 Å². The molecular weight excluding hydrogens is 719 g/mol. The maximum atomic E-state index is 14.4. The second-order valence-corrected chi connectivity index (χ2v) is 18.2. The van der Waals surface area contributed by atoms with Gasteiger partial charge in [0.25, 0.3) is 5.91 Å². The summed E-state index contributed by atoms with van der Waals surface area (Å²) in [5.74, 6) is 1.35. The van der Waals surface area contributed by atoms with E-state index in [4.69, 9.17) is 9.47 Å². The number of ether oxygens (including phenoxy) is 2. The molecule has 3 N–H and O–H groups in total. The fourth-order valence-electron chi connectivity index (χ4n) is 11.9. The van der Waals surface area contributed by atoms with Gasteiger partial charge in [-0.25, -0.2) is 4.98 Å². The Kier molecular flexibility index (Phi) is 10.4. The average molecular weight is 776 g/mol. The van der Waals surface area contributed by atoms with Gasteiger partial charge in [0.1, 0.15) is 16.7 Å². The first-order valence-corrected chi connectivity index (χ1v) is 20.9. The highest BCUT2D eigenvalue weighted by Gasteiger charge is 3.11. The molecule has 0 spiro atoms. The maximum absolute atomic E-state index is 14.4. The maximum Gasteiger partial charge on any atom is 0.308 e. The fourth-order valence-corrected chi connectivity index (χ4v) is 12.8. The smallest absolute Gasteiger partial charge is 0.308 e. The van der Waals surface area contributed by atoms with E-state index in [9.17, 15) is 24.0 Å². The second-order valence-electron chi connectivity index (χ2n) is 17.3. The molecule has 0 radical (unpaired) electrons. The van der Waals surface area contributed by atoms with Gasteiger partial charge >= 0.3 is 11.9 Å². The fraction of sp³-hybridized carbons (Fsp3) is 0.667. The van der Waals surface area contributed by atoms with Crippen LogP contribution in [0.15, 0.2) is 35.7 Å². The van der Waals surface area contributed by atoms with Gasteiger partial charge in [-0.15, -0.1) is 11.3 Å². The standard InChI is InChI=1S/C42H57N5O7S/c1-10-21(4)35(46-40(52)41-29-32-30(41)34-31(41)33(29)42(32,34)43-7)38(50)47(8)27(20(2)3)18-28(54-23(6)48)37-45-26(19-55-37)36(49)44-25(16-22(5)39(51)53-9)17-24-14-12-11-13-15-24/h11-15,19-22,25,27-35,43H,10,16-18H2,1-9H3,(H,44,49)(H,46,52)/t21-,22-,25+,27+,28+,29?,30?,31?,32?,33?,34?,35-,41?,42?/m0/s1. The number of amides is 3. The zero-order valence-electron chi connectivity index (χ0n) is 33.5. The highest BCUT2D eigenvalue weighted by molar-refractivity contribution is 7.09. The number of likely N-dealkylation sites (N-methyl/N-ethyl adjacent to an activating group) is 1. The monoisotopic (exact) mass is 775 g/mol. The van der Waals surface area contributed by atoms with Crippen LogP contribution in [0.3, 0.4) is 0 Å². The molecule has 0 saturated heterocycles. The van der Waals surface area contributed by atoms with E-state index in [1.807, 2.05) is 58.0 Å². The van der Waals surface area contributed by atoms with Crippen LogP contribution in [-0.2, 0) is 35.1 Å². The number of carbonyl (C=O) groups excluding carboxylic acids is 5. The molecule has 0 aliphatic heterocycles. The Morgan fingerprint density at radius 3 is 2.13 bits per heavy atom. The zero-order valence-corrected chi connectivity index (χ0v) is 34.3. The summed E-state index contributed by atoms with van der Waals surface area (Å²) in [6.45, 7) is 11.2. The van der Waals surface area contributed by atoms with Crippen molar-refractivity contribution in [3.05, 3.63) is 52.0 Å². The van der Waals surface area contributed by atoms with Crippen molar-refractivity contribution in [2.24, 2.45) is 58.7 Å². The predicted octanol–water partition coefficient (Wildman–Crippen LogP) is 4.40. The normalized spacial score (nSPS) is 31.6. The lowest BCUT2D eigenvalue weighted by Gasteiger charge is -3.10. The summed E-state index contributed by atoms with van der Waals surface area (Å²) in [4.78, 5) is 73.2. The van der Waals surface area contributed by atoms with Crippen molar-refractivity contribution in [3.63, 3.8) is 0 Å². The quantitative estimate of drug-likeness (QED) is 0.176. The number of hydrogen-bond acceptors (Lipinski definition) is 10. The molecule has 6 aliphatic carbocycles. The largest absolute Gasteiger partial charge is 0.469 e. The predicted molar refractivity (Wildman–Crippen MR) is 206 cm³/mol. The molecule has 3 amide bonds. The number of hydrogen-bond donors (Lipinski definition) is 3. The summed E-state index contributed by atoms with van der Waals surface area (Å²) in [7, 11) is 5.17. The van der Waals surface area contributed by atoms with Crippen LogP contribution in [0.1, 0.15) is 88.0 Å². The highest BCUT2D eigenvalue weighted by atomic mass is 32.1. The molecule has 13 heteroatoms. The molecule has 12 nitrogen and oxygen atoms in total. The lowest BCUT2D eigenvalue weighted by atomic mass is 8.94. The first-order chi connectivity index (χ1) is 26.2. The summed E-state index contributed by atoms with van der Waals surface area (Å²) in [5, 5.41) is 12.0. The average Bonchev–Trinajstić information content (AvgIpc) is 3.68. The van der Waals surface area contributed by atoms with Crippen molar-refractivity contribution in [2.75, 3.05) is 21.2 Å². The third-order valence-corrected chi connectivity index (χ3v) is 15.5. The number of carbonyl (C=O) groups is 5. The molecule has 6 fully saturated rings. The number of rotatable bonds is 19. The van der Waals surface area contributed by atoms with E-state index in [0.29, 0.717) is 58.9 Å². The summed E-state index contributed by atoms with van der Waals surface area (Å²) in [6, 6.07) is 8.32. The second kappa shape index (κ2) is 14.6. The number of methoxy groups -OCH3 is 1. The molecule has 1 aromatic heterocycles. The number of esters is 2. The van der Waals surface area contributed by atoms with Crippen LogP contribution in [-0.4, -0.2) is 84.4 Å². The summed E-state index contributed by atoms with van der Waals surface area (Å²) in [5.41, 5.74) is 1.22. The molecule has 298 valence electrons. The first-order valence-electron chi connectivity index (χ1n) is 20.0. The van der Waals surface area contributed by atoms with Gasteiger partial charge in [0.15, 0.2) is 6.10 Å². The summed E-state index contributed by atoms with van der Waals surface area (Å²) < 4.78 is 10.8. The lowest BCUT2D eigenvalue weighted by molar-refractivity contribution is -0.608. The molecule has 6 saturated carbocycles. The number of benzene rings is 1. The third kappa shape index (κ3) is 5.76. The van der Waals surface area contributed by atoms with Crippen molar-refractivity contribution < 1.29 is 33.4 Å². The Bertz CT molecular complexity index is 1780. The molecule has 0 bridgehead atoms. The van der Waals surface area contributed by atoms with Crippen molar-refractivity contribution in [1.82, 2.24) is 25.8 Å². The minimum Gasteiger partial charge on any atom is -0.469 e. The zero-order chi connectivity index (χ0) is 39.7. The van der Waals surface area contributed by atoms with Gasteiger partial charge in [-0.05, 0) is 72.8 Å². The van der Waals surface area contributed by atoms with E-state index >= 15 is 0 Å². The van der Waals surface area contributed by atoms with Crippen LogP contribution in [0.2, 0.25) is 0 Å². The van der Waals surface area contributed by atoms with Crippen LogP contribution in [0.4, 0.5) is 0 Å². The van der Waals surface area contributed by atoms with Crippen LogP contribution in [0, 0.1) is 58.7 Å². The van der Waals surface area contributed by atoms with E-state index in [1.165, 1.54) is 25.4 Å². The number of nitrogens with zero attached hydrogens (tertiary/aromatic N) is 2. The summed E-state index contributed by atoms with van der Waals surface area (Å²) in [6.07, 6.45) is 1.06. The summed E-state index contributed by atoms with van der Waals surface area (Å²) >= 11 is 1.22. The van der Waals surface area contributed by atoms with Gasteiger partial charge in [0.2, 0.25) is 11.8 Å². The Morgan fingerprint density at radius 1 is 0.945 bits per heavy atom. The SMILES string of the molecule is CC[C@H](C)[C@H](NC(=O)C12C3C4C1C1C2C3C41NC)C(=O)N(C)[C@H](C[C@@H](OC(C)=O)c1nc(C(=O)N[C@@H](Cc2ccccc2)C[C@H](C)C(=O)OC)cs1)C(C)C. The van der Waals surface area contributed by atoms with Crippen LogP contribution < -0.4 is 16.0 Å². The van der Waals surface area contributed by atoms with Crippen LogP contribution >= 0.6 is 11.3 Å². The Hall–Kier alpha value is -3.84. The van der Waals surface area contributed by atoms with E-state index in [-0.39, 0.29) is 59.2 Å². The minimum atomic E-state index is -0.812. The molecule has 1 aromatic carbocycles. The minimum absolute atomic E-state index is 0.0272. The van der Waals surface area contributed by atoms with Crippen molar-refractivity contribution >= 4 is 41.0 Å². The van der Waals surface area contributed by atoms with Gasteiger partial charge in [-0.2, -0.15) is 0 Å². The van der Waals surface area contributed by atoms with Gasteiger partial charge < -0.3 is 30.3 Å². The van der Waals surface area contributed by atoms with Gasteiger partial charge in [0.05, 0.1) is 18.4 Å².